The normalized spacial score (nSPS) is 13.2. The predicted molar refractivity (Wildman–Crippen MR) is 136 cm³/mol. The van der Waals surface area contributed by atoms with Crippen molar-refractivity contribution >= 4 is 24.1 Å². The number of carbonyl (C=O) groups is 1. The number of hydrogen-bond acceptors (Lipinski definition) is 8. The molecule has 0 saturated heterocycles. The first-order chi connectivity index (χ1) is 16.5. The summed E-state index contributed by atoms with van der Waals surface area (Å²) in [6, 6.07) is 7.53. The molecule has 0 amide bonds. The highest BCUT2D eigenvalue weighted by Gasteiger charge is 2.07. The van der Waals surface area contributed by atoms with E-state index in [0.717, 1.165) is 36.5 Å². The lowest BCUT2D eigenvalue weighted by Crippen LogP contribution is -2.07. The van der Waals surface area contributed by atoms with Crippen molar-refractivity contribution in [1.29, 1.82) is 0 Å². The lowest BCUT2D eigenvalue weighted by molar-refractivity contribution is -0.145. The molecule has 1 unspecified atom stereocenters. The van der Waals surface area contributed by atoms with E-state index < -0.39 is 0 Å². The Morgan fingerprint density at radius 3 is 2.41 bits per heavy atom. The monoisotopic (exact) mass is 470 g/mol. The summed E-state index contributed by atoms with van der Waals surface area (Å²) in [5, 5.41) is 0. The maximum Gasteiger partial charge on any atom is 0.306 e. The summed E-state index contributed by atoms with van der Waals surface area (Å²) < 4.78 is 16.6. The summed E-state index contributed by atoms with van der Waals surface area (Å²) in [6.07, 6.45) is 7.15. The third-order valence-corrected chi connectivity index (χ3v) is 5.22. The third kappa shape index (κ3) is 11.2. The van der Waals surface area contributed by atoms with Gasteiger partial charge in [0.05, 0.1) is 31.9 Å². The number of hydrogen-bond donors (Lipinski definition) is 1. The second kappa shape index (κ2) is 15.8. The largest absolute Gasteiger partial charge is 0.460 e. The van der Waals surface area contributed by atoms with Crippen LogP contribution in [-0.4, -0.2) is 50.3 Å². The highest BCUT2D eigenvalue weighted by molar-refractivity contribution is 5.85. The van der Waals surface area contributed by atoms with Gasteiger partial charge < -0.3 is 19.3 Å². The number of nitrogens with zero attached hydrogens (tertiary/aromatic N) is 3. The Morgan fingerprint density at radius 1 is 1.03 bits per heavy atom. The minimum Gasteiger partial charge on any atom is -0.460 e. The molecule has 0 aliphatic rings. The fraction of sp³-hybridized carbons (Fsp3) is 0.538. The van der Waals surface area contributed by atoms with Crippen molar-refractivity contribution < 1.29 is 18.4 Å². The van der Waals surface area contributed by atoms with Crippen molar-refractivity contribution in [3.8, 4) is 0 Å². The van der Waals surface area contributed by atoms with Gasteiger partial charge >= 0.3 is 5.97 Å². The van der Waals surface area contributed by atoms with Crippen LogP contribution in [0.3, 0.4) is 0 Å². The first-order valence-corrected chi connectivity index (χ1v) is 12.0. The van der Waals surface area contributed by atoms with Gasteiger partial charge in [0, 0.05) is 18.7 Å². The van der Waals surface area contributed by atoms with E-state index in [1.165, 1.54) is 0 Å². The van der Waals surface area contributed by atoms with Crippen molar-refractivity contribution in [3.63, 3.8) is 0 Å². The molecule has 8 heteroatoms. The van der Waals surface area contributed by atoms with E-state index in [0.29, 0.717) is 50.0 Å². The van der Waals surface area contributed by atoms with Crippen LogP contribution >= 0.6 is 0 Å². The van der Waals surface area contributed by atoms with E-state index in [9.17, 15) is 4.79 Å². The number of esters is 1. The average Bonchev–Trinajstić information content (AvgIpc) is 3.48. The summed E-state index contributed by atoms with van der Waals surface area (Å²) in [5.74, 6) is 3.31. The predicted octanol–water partition coefficient (Wildman–Crippen LogP) is 4.63. The van der Waals surface area contributed by atoms with Crippen molar-refractivity contribution in [2.75, 3.05) is 26.2 Å². The molecule has 1 atom stereocenters. The zero-order chi connectivity index (χ0) is 24.6. The van der Waals surface area contributed by atoms with Crippen molar-refractivity contribution in [2.45, 2.75) is 59.5 Å². The Balaban J connectivity index is 1.61. The van der Waals surface area contributed by atoms with Gasteiger partial charge in [-0.2, -0.15) is 0 Å². The molecule has 2 N–H and O–H groups in total. The Hall–Kier alpha value is -3.00. The van der Waals surface area contributed by atoms with Crippen LogP contribution in [0.15, 0.2) is 48.1 Å². The van der Waals surface area contributed by atoms with Gasteiger partial charge in [-0.3, -0.25) is 19.8 Å². The molecule has 0 fully saturated rings. The van der Waals surface area contributed by atoms with Gasteiger partial charge in [0.1, 0.15) is 29.6 Å². The van der Waals surface area contributed by atoms with E-state index in [-0.39, 0.29) is 19.0 Å². The number of ether oxygens (including phenoxy) is 1. The standard InChI is InChI=1S/C26H38N4O4/c1-4-20(2)16-22-7-8-23(33-22)18-29-14-15-30-21(3)6-11-26(31)32-19-25-10-9-24(34-25)17-28-13-5-12-27/h7-10,17-18,20H,4-6,11-16,19,27H2,1-3H3. The summed E-state index contributed by atoms with van der Waals surface area (Å²) in [6.45, 7) is 8.83. The van der Waals surface area contributed by atoms with Crippen LogP contribution in [0.5, 0.6) is 0 Å². The van der Waals surface area contributed by atoms with E-state index >= 15 is 0 Å². The molecule has 0 saturated carbocycles. The summed E-state index contributed by atoms with van der Waals surface area (Å²) in [5.41, 5.74) is 6.33. The topological polar surface area (TPSA) is 116 Å². The Bertz CT molecular complexity index is 942. The SMILES string of the molecule is CCC(C)Cc1ccc(C=NCCN=C(C)CCC(=O)OCc2ccc(C=NCCCN)o2)o1. The van der Waals surface area contributed by atoms with Crippen molar-refractivity contribution in [1.82, 2.24) is 0 Å². The molecule has 2 aromatic heterocycles. The molecule has 34 heavy (non-hydrogen) atoms. The molecule has 8 nitrogen and oxygen atoms in total. The van der Waals surface area contributed by atoms with Gasteiger partial charge in [-0.25, -0.2) is 0 Å². The number of aliphatic imine (C=N–C) groups is 3. The molecule has 0 aromatic carbocycles. The number of furan rings is 2. The molecule has 0 radical (unpaired) electrons. The fourth-order valence-electron chi connectivity index (χ4n) is 2.98. The summed E-state index contributed by atoms with van der Waals surface area (Å²) in [7, 11) is 0. The van der Waals surface area contributed by atoms with Crippen LogP contribution in [0, 0.1) is 5.92 Å². The van der Waals surface area contributed by atoms with Crippen molar-refractivity contribution in [3.05, 3.63) is 47.3 Å². The van der Waals surface area contributed by atoms with Gasteiger partial charge in [-0.05, 0) is 56.5 Å². The lowest BCUT2D eigenvalue weighted by Gasteiger charge is -2.04. The quantitative estimate of drug-likeness (QED) is 0.218. The highest BCUT2D eigenvalue weighted by atomic mass is 16.5. The maximum atomic E-state index is 12.0. The number of nitrogens with two attached hydrogens (primary N) is 1. The minimum atomic E-state index is -0.284. The Kier molecular flexibility index (Phi) is 12.6. The van der Waals surface area contributed by atoms with E-state index in [4.69, 9.17) is 19.3 Å². The average molecular weight is 471 g/mol. The second-order valence-electron chi connectivity index (χ2n) is 8.32. The molecule has 2 heterocycles. The Labute approximate surface area is 202 Å². The van der Waals surface area contributed by atoms with E-state index in [2.05, 4.69) is 28.8 Å². The van der Waals surface area contributed by atoms with Crippen LogP contribution in [0.4, 0.5) is 0 Å². The zero-order valence-corrected chi connectivity index (χ0v) is 20.7. The van der Waals surface area contributed by atoms with E-state index in [1.807, 2.05) is 19.1 Å². The Morgan fingerprint density at radius 2 is 1.71 bits per heavy atom. The molecular weight excluding hydrogens is 432 g/mol. The van der Waals surface area contributed by atoms with Gasteiger partial charge in [0.25, 0.3) is 0 Å². The molecule has 0 aliphatic heterocycles. The van der Waals surface area contributed by atoms with Gasteiger partial charge in [-0.15, -0.1) is 0 Å². The van der Waals surface area contributed by atoms with Crippen LogP contribution in [0.2, 0.25) is 0 Å². The lowest BCUT2D eigenvalue weighted by atomic mass is 10.0. The fourth-order valence-corrected chi connectivity index (χ4v) is 2.98. The third-order valence-electron chi connectivity index (χ3n) is 5.22. The van der Waals surface area contributed by atoms with Crippen LogP contribution in [0.1, 0.15) is 69.5 Å². The molecule has 0 bridgehead atoms. The molecule has 0 aliphatic carbocycles. The minimum absolute atomic E-state index is 0.103. The maximum absolute atomic E-state index is 12.0. The van der Waals surface area contributed by atoms with Crippen molar-refractivity contribution in [2.24, 2.45) is 26.6 Å². The van der Waals surface area contributed by atoms with Crippen LogP contribution < -0.4 is 5.73 Å². The first-order valence-electron chi connectivity index (χ1n) is 12.0. The van der Waals surface area contributed by atoms with Crippen LogP contribution in [0.25, 0.3) is 0 Å². The van der Waals surface area contributed by atoms with E-state index in [1.54, 1.807) is 24.6 Å². The number of carbonyl (C=O) groups excluding carboxylic acids is 1. The molecular formula is C26H38N4O4. The number of rotatable bonds is 16. The molecule has 2 aromatic rings. The summed E-state index contributed by atoms with van der Waals surface area (Å²) in [4.78, 5) is 25.1. The molecule has 2 rings (SSSR count). The molecule has 0 spiro atoms. The highest BCUT2D eigenvalue weighted by Crippen LogP contribution is 2.14. The second-order valence-corrected chi connectivity index (χ2v) is 8.32. The van der Waals surface area contributed by atoms with Gasteiger partial charge in [0.15, 0.2) is 0 Å². The zero-order valence-electron chi connectivity index (χ0n) is 20.7. The van der Waals surface area contributed by atoms with Gasteiger partial charge in [-0.1, -0.05) is 20.3 Å². The van der Waals surface area contributed by atoms with Crippen LogP contribution in [-0.2, 0) is 22.6 Å². The van der Waals surface area contributed by atoms with Gasteiger partial charge in [0.2, 0.25) is 0 Å². The molecule has 186 valence electrons. The first kappa shape index (κ1) is 27.2. The smallest absolute Gasteiger partial charge is 0.306 e. The summed E-state index contributed by atoms with van der Waals surface area (Å²) >= 11 is 0.